The molecule has 1 aromatic rings. The van der Waals surface area contributed by atoms with Crippen LogP contribution in [0.1, 0.15) is 16.1 Å². The molecule has 0 aromatic carbocycles. The first-order valence-corrected chi connectivity index (χ1v) is 4.39. The highest BCUT2D eigenvalue weighted by molar-refractivity contribution is 5.88. The summed E-state index contributed by atoms with van der Waals surface area (Å²) in [4.78, 5) is 23.5. The molecule has 0 unspecified atom stereocenters. The molecule has 1 aromatic heterocycles. The molecule has 0 aliphatic heterocycles. The molecule has 82 valence electrons. The van der Waals surface area contributed by atoms with Crippen LogP contribution >= 0.6 is 0 Å². The van der Waals surface area contributed by atoms with Crippen LogP contribution in [-0.2, 0) is 11.3 Å². The summed E-state index contributed by atoms with van der Waals surface area (Å²) >= 11 is 0. The number of aromatic nitrogens is 2. The average molecular weight is 211 g/mol. The highest BCUT2D eigenvalue weighted by Crippen LogP contribution is 2.05. The van der Waals surface area contributed by atoms with Crippen molar-refractivity contribution in [1.29, 1.82) is 0 Å². The zero-order valence-electron chi connectivity index (χ0n) is 8.89. The summed E-state index contributed by atoms with van der Waals surface area (Å²) in [6.07, 6.45) is 1.36. The molecule has 0 radical (unpaired) electrons. The van der Waals surface area contributed by atoms with Gasteiger partial charge in [-0.05, 0) is 6.92 Å². The van der Waals surface area contributed by atoms with Crippen molar-refractivity contribution in [1.82, 2.24) is 14.7 Å². The van der Waals surface area contributed by atoms with Crippen molar-refractivity contribution >= 4 is 11.9 Å². The number of hydrogen-bond acceptors (Lipinski definition) is 3. The number of aromatic carboxylic acids is 1. The Morgan fingerprint density at radius 3 is 2.53 bits per heavy atom. The van der Waals surface area contributed by atoms with Crippen LogP contribution in [0.15, 0.2) is 6.20 Å². The Kier molecular flexibility index (Phi) is 3.08. The lowest BCUT2D eigenvalue weighted by Crippen LogP contribution is -2.26. The maximum Gasteiger partial charge on any atom is 0.339 e. The Bertz CT molecular complexity index is 395. The predicted octanol–water partition coefficient (Wildman–Crippen LogP) is -0.0221. The maximum atomic E-state index is 11.3. The van der Waals surface area contributed by atoms with Gasteiger partial charge in [0.2, 0.25) is 5.91 Å². The summed E-state index contributed by atoms with van der Waals surface area (Å²) in [5.41, 5.74) is 0.538. The lowest BCUT2D eigenvalue weighted by Gasteiger charge is -2.09. The molecule has 1 heterocycles. The minimum Gasteiger partial charge on any atom is -0.478 e. The molecular formula is C9H13N3O3. The van der Waals surface area contributed by atoms with Crippen molar-refractivity contribution in [2.45, 2.75) is 13.5 Å². The van der Waals surface area contributed by atoms with Gasteiger partial charge in [0.05, 0.1) is 5.69 Å². The second kappa shape index (κ2) is 4.12. The molecule has 0 bridgehead atoms. The highest BCUT2D eigenvalue weighted by Gasteiger charge is 2.13. The fourth-order valence-corrected chi connectivity index (χ4v) is 1.09. The van der Waals surface area contributed by atoms with Crippen LogP contribution < -0.4 is 0 Å². The summed E-state index contributed by atoms with van der Waals surface area (Å²) in [6.45, 7) is 1.65. The summed E-state index contributed by atoms with van der Waals surface area (Å²) in [5.74, 6) is -1.16. The summed E-state index contributed by atoms with van der Waals surface area (Å²) in [7, 11) is 3.27. The highest BCUT2D eigenvalue weighted by atomic mass is 16.4. The standard InChI is InChI=1S/C9H13N3O3/c1-6-7(9(14)15)4-12(10-6)5-8(13)11(2)3/h4H,5H2,1-3H3,(H,14,15). The molecule has 0 spiro atoms. The number of carbonyl (C=O) groups excluding carboxylic acids is 1. The fraction of sp³-hybridized carbons (Fsp3) is 0.444. The van der Waals surface area contributed by atoms with E-state index in [0.29, 0.717) is 5.69 Å². The van der Waals surface area contributed by atoms with Gasteiger partial charge >= 0.3 is 5.97 Å². The quantitative estimate of drug-likeness (QED) is 0.762. The number of carbonyl (C=O) groups is 2. The van der Waals surface area contributed by atoms with Crippen molar-refractivity contribution in [3.8, 4) is 0 Å². The van der Waals surface area contributed by atoms with Crippen molar-refractivity contribution in [3.05, 3.63) is 17.5 Å². The maximum absolute atomic E-state index is 11.3. The number of carboxylic acids is 1. The third kappa shape index (κ3) is 2.55. The third-order valence-electron chi connectivity index (χ3n) is 1.97. The van der Waals surface area contributed by atoms with Crippen LogP contribution in [0.2, 0.25) is 0 Å². The van der Waals surface area contributed by atoms with Gasteiger partial charge < -0.3 is 10.0 Å². The number of rotatable bonds is 3. The van der Waals surface area contributed by atoms with Crippen LogP contribution in [0.5, 0.6) is 0 Å². The van der Waals surface area contributed by atoms with Crippen LogP contribution in [0, 0.1) is 6.92 Å². The van der Waals surface area contributed by atoms with Gasteiger partial charge in [-0.1, -0.05) is 0 Å². The van der Waals surface area contributed by atoms with Crippen LogP contribution in [0.4, 0.5) is 0 Å². The molecular weight excluding hydrogens is 198 g/mol. The van der Waals surface area contributed by atoms with Crippen LogP contribution in [0.25, 0.3) is 0 Å². The normalized spacial score (nSPS) is 10.1. The zero-order valence-corrected chi connectivity index (χ0v) is 8.89. The lowest BCUT2D eigenvalue weighted by atomic mass is 10.3. The second-order valence-corrected chi connectivity index (χ2v) is 3.42. The largest absolute Gasteiger partial charge is 0.478 e. The van der Waals surface area contributed by atoms with Gasteiger partial charge in [0.1, 0.15) is 12.1 Å². The minimum atomic E-state index is -1.03. The Labute approximate surface area is 87.1 Å². The monoisotopic (exact) mass is 211 g/mol. The molecule has 6 heteroatoms. The molecule has 1 amide bonds. The van der Waals surface area contributed by atoms with E-state index in [1.54, 1.807) is 21.0 Å². The van der Waals surface area contributed by atoms with Gasteiger partial charge in [0.15, 0.2) is 0 Å². The molecule has 0 fully saturated rings. The number of hydrogen-bond donors (Lipinski definition) is 1. The Morgan fingerprint density at radius 1 is 1.53 bits per heavy atom. The third-order valence-corrected chi connectivity index (χ3v) is 1.97. The Morgan fingerprint density at radius 2 is 2.13 bits per heavy atom. The smallest absolute Gasteiger partial charge is 0.339 e. The van der Waals surface area contributed by atoms with E-state index in [-0.39, 0.29) is 18.0 Å². The lowest BCUT2D eigenvalue weighted by molar-refractivity contribution is -0.129. The van der Waals surface area contributed by atoms with Crippen LogP contribution in [-0.4, -0.2) is 45.8 Å². The minimum absolute atomic E-state index is 0.0567. The SMILES string of the molecule is Cc1nn(CC(=O)N(C)C)cc1C(=O)O. The van der Waals surface area contributed by atoms with Crippen LogP contribution in [0.3, 0.4) is 0 Å². The summed E-state index contributed by atoms with van der Waals surface area (Å²) < 4.78 is 1.33. The summed E-state index contributed by atoms with van der Waals surface area (Å²) in [6, 6.07) is 0. The first-order chi connectivity index (χ1) is 6.91. The average Bonchev–Trinajstić information content (AvgIpc) is 2.46. The zero-order chi connectivity index (χ0) is 11.6. The van der Waals surface area contributed by atoms with E-state index in [0.717, 1.165) is 0 Å². The number of likely N-dealkylation sites (N-methyl/N-ethyl adjacent to an activating group) is 1. The fourth-order valence-electron chi connectivity index (χ4n) is 1.09. The second-order valence-electron chi connectivity index (χ2n) is 3.42. The number of nitrogens with zero attached hydrogens (tertiary/aromatic N) is 3. The van der Waals surface area contributed by atoms with E-state index in [1.165, 1.54) is 15.8 Å². The van der Waals surface area contributed by atoms with Gasteiger partial charge in [-0.25, -0.2) is 4.79 Å². The molecule has 0 atom stereocenters. The van der Waals surface area contributed by atoms with Crippen molar-refractivity contribution in [3.63, 3.8) is 0 Å². The van der Waals surface area contributed by atoms with E-state index in [9.17, 15) is 9.59 Å². The summed E-state index contributed by atoms with van der Waals surface area (Å²) in [5, 5.41) is 12.7. The van der Waals surface area contributed by atoms with Gasteiger partial charge in [-0.3, -0.25) is 9.48 Å². The van der Waals surface area contributed by atoms with Crippen molar-refractivity contribution in [2.75, 3.05) is 14.1 Å². The van der Waals surface area contributed by atoms with E-state index in [4.69, 9.17) is 5.11 Å². The molecule has 1 N–H and O–H groups in total. The van der Waals surface area contributed by atoms with Gasteiger partial charge in [-0.2, -0.15) is 5.10 Å². The predicted molar refractivity (Wildman–Crippen MR) is 52.6 cm³/mol. The van der Waals surface area contributed by atoms with E-state index < -0.39 is 5.97 Å². The van der Waals surface area contributed by atoms with E-state index in [1.807, 2.05) is 0 Å². The number of amides is 1. The first-order valence-electron chi connectivity index (χ1n) is 4.39. The molecule has 1 rings (SSSR count). The number of carboxylic acid groups (broad SMARTS) is 1. The van der Waals surface area contributed by atoms with Crippen molar-refractivity contribution < 1.29 is 14.7 Å². The van der Waals surface area contributed by atoms with Gasteiger partial charge in [0, 0.05) is 20.3 Å². The molecule has 0 aliphatic rings. The molecule has 0 aliphatic carbocycles. The molecule has 0 saturated heterocycles. The van der Waals surface area contributed by atoms with Crippen molar-refractivity contribution in [2.24, 2.45) is 0 Å². The van der Waals surface area contributed by atoms with E-state index >= 15 is 0 Å². The van der Waals surface area contributed by atoms with E-state index in [2.05, 4.69) is 5.10 Å². The molecule has 15 heavy (non-hydrogen) atoms. The molecule has 0 saturated carbocycles. The van der Waals surface area contributed by atoms with Gasteiger partial charge in [-0.15, -0.1) is 0 Å². The topological polar surface area (TPSA) is 75.4 Å². The Balaban J connectivity index is 2.84. The van der Waals surface area contributed by atoms with Gasteiger partial charge in [0.25, 0.3) is 0 Å². The number of aryl methyl sites for hydroxylation is 1. The molecule has 6 nitrogen and oxygen atoms in total. The Hall–Kier alpha value is -1.85. The first kappa shape index (κ1) is 11.2.